The number of hydrogen-bond acceptors (Lipinski definition) is 4. The first-order valence-electron chi connectivity index (χ1n) is 8.16. The van der Waals surface area contributed by atoms with E-state index in [1.807, 2.05) is 36.1 Å². The highest BCUT2D eigenvalue weighted by Crippen LogP contribution is 2.14. The Kier molecular flexibility index (Phi) is 7.21. The molecular weight excluding hydrogens is 324 g/mol. The Morgan fingerprint density at radius 1 is 1.46 bits per heavy atom. The van der Waals surface area contributed by atoms with Gasteiger partial charge >= 0.3 is 0 Å². The van der Waals surface area contributed by atoms with Crippen LogP contribution in [-0.4, -0.2) is 48.8 Å². The predicted octanol–water partition coefficient (Wildman–Crippen LogP) is 2.61. The van der Waals surface area contributed by atoms with Gasteiger partial charge in [0.25, 0.3) is 0 Å². The number of benzene rings is 1. The van der Waals surface area contributed by atoms with Crippen LogP contribution in [-0.2, 0) is 9.53 Å². The Balaban J connectivity index is 1.84. The lowest BCUT2D eigenvalue weighted by molar-refractivity contribution is -0.115. The van der Waals surface area contributed by atoms with E-state index in [2.05, 4.69) is 5.32 Å². The number of rotatable bonds is 6. The van der Waals surface area contributed by atoms with Crippen molar-refractivity contribution in [3.8, 4) is 5.75 Å². The van der Waals surface area contributed by atoms with Crippen molar-refractivity contribution >= 4 is 29.3 Å². The van der Waals surface area contributed by atoms with Gasteiger partial charge in [-0.1, -0.05) is 12.1 Å². The van der Waals surface area contributed by atoms with Gasteiger partial charge in [0.1, 0.15) is 5.75 Å². The Bertz CT molecular complexity index is 580. The SMILES string of the molecule is CCN(CC1CCCO1)C(=S)NC(=O)C=Cc1ccc(OC)cc1. The summed E-state index contributed by atoms with van der Waals surface area (Å²) in [5, 5.41) is 3.19. The Labute approximate surface area is 148 Å². The normalized spacial score (nSPS) is 17.0. The molecule has 0 spiro atoms. The van der Waals surface area contributed by atoms with E-state index in [-0.39, 0.29) is 12.0 Å². The van der Waals surface area contributed by atoms with Gasteiger partial charge in [-0.2, -0.15) is 0 Å². The maximum absolute atomic E-state index is 12.0. The Morgan fingerprint density at radius 3 is 2.79 bits per heavy atom. The summed E-state index contributed by atoms with van der Waals surface area (Å²) in [6, 6.07) is 7.47. The predicted molar refractivity (Wildman–Crippen MR) is 99.0 cm³/mol. The van der Waals surface area contributed by atoms with Crippen molar-refractivity contribution in [2.45, 2.75) is 25.9 Å². The zero-order valence-corrected chi connectivity index (χ0v) is 15.0. The lowest BCUT2D eigenvalue weighted by atomic mass is 10.2. The van der Waals surface area contributed by atoms with Gasteiger partial charge in [-0.05, 0) is 55.8 Å². The minimum Gasteiger partial charge on any atom is -0.497 e. The smallest absolute Gasteiger partial charge is 0.250 e. The van der Waals surface area contributed by atoms with Crippen LogP contribution in [0.2, 0.25) is 0 Å². The Hall–Kier alpha value is -1.92. The summed E-state index contributed by atoms with van der Waals surface area (Å²) in [4.78, 5) is 14.0. The molecular formula is C18H24N2O3S. The fourth-order valence-electron chi connectivity index (χ4n) is 2.50. The van der Waals surface area contributed by atoms with Crippen LogP contribution in [0.3, 0.4) is 0 Å². The second-order valence-electron chi connectivity index (χ2n) is 5.57. The highest BCUT2D eigenvalue weighted by molar-refractivity contribution is 7.80. The van der Waals surface area contributed by atoms with E-state index >= 15 is 0 Å². The van der Waals surface area contributed by atoms with Crippen molar-refractivity contribution in [2.75, 3.05) is 26.8 Å². The summed E-state index contributed by atoms with van der Waals surface area (Å²) >= 11 is 5.34. The number of amides is 1. The lowest BCUT2D eigenvalue weighted by Gasteiger charge is -2.26. The van der Waals surface area contributed by atoms with Gasteiger partial charge in [-0.25, -0.2) is 0 Å². The number of ether oxygens (including phenoxy) is 2. The first-order valence-corrected chi connectivity index (χ1v) is 8.56. The number of methoxy groups -OCH3 is 1. The van der Waals surface area contributed by atoms with Crippen molar-refractivity contribution < 1.29 is 14.3 Å². The van der Waals surface area contributed by atoms with Crippen LogP contribution in [0.15, 0.2) is 30.3 Å². The monoisotopic (exact) mass is 348 g/mol. The summed E-state index contributed by atoms with van der Waals surface area (Å²) in [7, 11) is 1.62. The third-order valence-corrected chi connectivity index (χ3v) is 4.25. The molecule has 1 aromatic rings. The fraction of sp³-hybridized carbons (Fsp3) is 0.444. The van der Waals surface area contributed by atoms with Crippen LogP contribution in [0, 0.1) is 0 Å². The van der Waals surface area contributed by atoms with Gasteiger partial charge in [0.2, 0.25) is 5.91 Å². The first kappa shape index (κ1) is 18.4. The number of carbonyl (C=O) groups excluding carboxylic acids is 1. The largest absolute Gasteiger partial charge is 0.497 e. The topological polar surface area (TPSA) is 50.8 Å². The summed E-state index contributed by atoms with van der Waals surface area (Å²) in [5.74, 6) is 0.548. The van der Waals surface area contributed by atoms with Crippen LogP contribution in [0.25, 0.3) is 6.08 Å². The minimum absolute atomic E-state index is 0.203. The second kappa shape index (κ2) is 9.39. The molecule has 1 aliphatic heterocycles. The molecule has 0 saturated carbocycles. The molecule has 1 saturated heterocycles. The van der Waals surface area contributed by atoms with Gasteiger partial charge in [-0.3, -0.25) is 10.1 Å². The van der Waals surface area contributed by atoms with Crippen molar-refractivity contribution in [1.82, 2.24) is 10.2 Å². The maximum atomic E-state index is 12.0. The van der Waals surface area contributed by atoms with Crippen molar-refractivity contribution in [3.05, 3.63) is 35.9 Å². The summed E-state index contributed by atoms with van der Waals surface area (Å²) in [6.45, 7) is 4.28. The molecule has 5 nitrogen and oxygen atoms in total. The molecule has 1 N–H and O–H groups in total. The standard InChI is InChI=1S/C18H24N2O3S/c1-3-20(13-16-5-4-12-23-16)18(24)19-17(21)11-8-14-6-9-15(22-2)10-7-14/h6-11,16H,3-5,12-13H2,1-2H3,(H,19,21,24). The average Bonchev–Trinajstić information content (AvgIpc) is 3.11. The van der Waals surface area contributed by atoms with E-state index in [0.717, 1.165) is 43.9 Å². The van der Waals surface area contributed by atoms with Crippen LogP contribution < -0.4 is 10.1 Å². The van der Waals surface area contributed by atoms with Gasteiger partial charge < -0.3 is 14.4 Å². The quantitative estimate of drug-likeness (QED) is 0.633. The van der Waals surface area contributed by atoms with E-state index in [0.29, 0.717) is 5.11 Å². The van der Waals surface area contributed by atoms with E-state index in [4.69, 9.17) is 21.7 Å². The van der Waals surface area contributed by atoms with E-state index in [9.17, 15) is 4.79 Å². The highest BCUT2D eigenvalue weighted by atomic mass is 32.1. The zero-order valence-electron chi connectivity index (χ0n) is 14.2. The number of hydrogen-bond donors (Lipinski definition) is 1. The van der Waals surface area contributed by atoms with E-state index < -0.39 is 0 Å². The van der Waals surface area contributed by atoms with Gasteiger partial charge in [0, 0.05) is 25.8 Å². The molecule has 1 atom stereocenters. The minimum atomic E-state index is -0.235. The third-order valence-electron chi connectivity index (χ3n) is 3.89. The van der Waals surface area contributed by atoms with Crippen LogP contribution >= 0.6 is 12.2 Å². The fourth-order valence-corrected chi connectivity index (χ4v) is 2.81. The molecule has 0 aliphatic carbocycles. The molecule has 1 fully saturated rings. The van der Waals surface area contributed by atoms with Gasteiger partial charge in [0.05, 0.1) is 13.2 Å². The summed E-state index contributed by atoms with van der Waals surface area (Å²) in [5.41, 5.74) is 0.920. The third kappa shape index (κ3) is 5.62. The molecule has 0 aromatic heterocycles. The molecule has 1 aromatic carbocycles. The molecule has 24 heavy (non-hydrogen) atoms. The summed E-state index contributed by atoms with van der Waals surface area (Å²) < 4.78 is 10.7. The second-order valence-corrected chi connectivity index (χ2v) is 5.96. The first-order chi connectivity index (χ1) is 11.6. The molecule has 2 rings (SSSR count). The Morgan fingerprint density at radius 2 is 2.21 bits per heavy atom. The van der Waals surface area contributed by atoms with E-state index in [1.165, 1.54) is 6.08 Å². The van der Waals surface area contributed by atoms with Crippen molar-refractivity contribution in [3.63, 3.8) is 0 Å². The molecule has 1 heterocycles. The molecule has 1 amide bonds. The molecule has 1 aliphatic rings. The molecule has 6 heteroatoms. The number of nitrogens with one attached hydrogen (secondary N) is 1. The zero-order chi connectivity index (χ0) is 17.4. The molecule has 0 radical (unpaired) electrons. The maximum Gasteiger partial charge on any atom is 0.250 e. The number of likely N-dealkylation sites (N-methyl/N-ethyl adjacent to an activating group) is 1. The number of thiocarbonyl (C=S) groups is 1. The van der Waals surface area contributed by atoms with Crippen molar-refractivity contribution in [2.24, 2.45) is 0 Å². The highest BCUT2D eigenvalue weighted by Gasteiger charge is 2.20. The van der Waals surface area contributed by atoms with Crippen molar-refractivity contribution in [1.29, 1.82) is 0 Å². The lowest BCUT2D eigenvalue weighted by Crippen LogP contribution is -2.45. The average molecular weight is 348 g/mol. The summed E-state index contributed by atoms with van der Waals surface area (Å²) in [6.07, 6.45) is 5.56. The molecule has 0 bridgehead atoms. The van der Waals surface area contributed by atoms with Crippen LogP contribution in [0.1, 0.15) is 25.3 Å². The molecule has 1 unspecified atom stereocenters. The number of nitrogens with zero attached hydrogens (tertiary/aromatic N) is 1. The van der Waals surface area contributed by atoms with Crippen LogP contribution in [0.5, 0.6) is 5.75 Å². The molecule has 130 valence electrons. The van der Waals surface area contributed by atoms with Gasteiger partial charge in [0.15, 0.2) is 5.11 Å². The van der Waals surface area contributed by atoms with Crippen LogP contribution in [0.4, 0.5) is 0 Å². The van der Waals surface area contributed by atoms with E-state index in [1.54, 1.807) is 13.2 Å². The number of carbonyl (C=O) groups is 1. The van der Waals surface area contributed by atoms with Gasteiger partial charge in [-0.15, -0.1) is 0 Å².